The number of hydrogen-bond acceptors (Lipinski definition) is 5. The molecule has 0 radical (unpaired) electrons. The Morgan fingerprint density at radius 2 is 1.90 bits per heavy atom. The van der Waals surface area contributed by atoms with E-state index in [0.29, 0.717) is 17.5 Å². The highest BCUT2D eigenvalue weighted by Gasteiger charge is 2.17. The van der Waals surface area contributed by atoms with Crippen LogP contribution in [0.15, 0.2) is 47.6 Å². The highest BCUT2D eigenvalue weighted by molar-refractivity contribution is 7.99. The molecular formula is C22H23N5OS. The molecule has 0 bridgehead atoms. The van der Waals surface area contributed by atoms with Crippen molar-refractivity contribution in [1.82, 2.24) is 15.2 Å². The third kappa shape index (κ3) is 5.24. The zero-order valence-electron chi connectivity index (χ0n) is 16.8. The van der Waals surface area contributed by atoms with E-state index in [0.717, 1.165) is 16.8 Å². The Morgan fingerprint density at radius 1 is 1.14 bits per heavy atom. The normalized spacial score (nSPS) is 10.6. The van der Waals surface area contributed by atoms with Gasteiger partial charge in [0, 0.05) is 17.8 Å². The number of hydrogen-bond donors (Lipinski definition) is 1. The molecule has 1 aromatic heterocycles. The van der Waals surface area contributed by atoms with Gasteiger partial charge in [0.25, 0.3) is 0 Å². The van der Waals surface area contributed by atoms with Crippen molar-refractivity contribution in [3.8, 4) is 17.5 Å². The summed E-state index contributed by atoms with van der Waals surface area (Å²) in [6, 6.07) is 16.0. The smallest absolute Gasteiger partial charge is 0.237 e. The first-order chi connectivity index (χ1) is 14.0. The van der Waals surface area contributed by atoms with Gasteiger partial charge in [-0.25, -0.2) is 4.98 Å². The SMILES string of the molecule is Cc1ccc(-c2nc(SCC(=O)N(CCC#N)c3ccc(C)c(C)c3)n[nH]2)cc1. The number of H-pyrrole nitrogens is 1. The number of aryl methyl sites for hydroxylation is 3. The molecule has 3 rings (SSSR count). The summed E-state index contributed by atoms with van der Waals surface area (Å²) in [6.45, 7) is 6.44. The molecule has 148 valence electrons. The molecule has 0 aliphatic rings. The van der Waals surface area contributed by atoms with Gasteiger partial charge in [-0.2, -0.15) is 5.26 Å². The number of nitriles is 1. The molecule has 2 aromatic carbocycles. The number of nitrogens with one attached hydrogen (secondary N) is 1. The molecule has 29 heavy (non-hydrogen) atoms. The highest BCUT2D eigenvalue weighted by Crippen LogP contribution is 2.23. The molecule has 0 saturated carbocycles. The van der Waals surface area contributed by atoms with Crippen LogP contribution in [0, 0.1) is 32.1 Å². The molecule has 0 aliphatic heterocycles. The van der Waals surface area contributed by atoms with E-state index < -0.39 is 0 Å². The van der Waals surface area contributed by atoms with Gasteiger partial charge in [-0.15, -0.1) is 5.10 Å². The van der Waals surface area contributed by atoms with Crippen LogP contribution in [0.2, 0.25) is 0 Å². The summed E-state index contributed by atoms with van der Waals surface area (Å²) in [4.78, 5) is 19.0. The van der Waals surface area contributed by atoms with Gasteiger partial charge in [0.05, 0.1) is 18.2 Å². The Balaban J connectivity index is 1.69. The molecule has 6 nitrogen and oxygen atoms in total. The van der Waals surface area contributed by atoms with Crippen LogP contribution in [-0.2, 0) is 4.79 Å². The van der Waals surface area contributed by atoms with E-state index in [2.05, 4.69) is 21.3 Å². The minimum absolute atomic E-state index is 0.0739. The summed E-state index contributed by atoms with van der Waals surface area (Å²) < 4.78 is 0. The fourth-order valence-corrected chi connectivity index (χ4v) is 3.48. The van der Waals surface area contributed by atoms with Crippen molar-refractivity contribution < 1.29 is 4.79 Å². The minimum Gasteiger partial charge on any atom is -0.311 e. The molecule has 0 aliphatic carbocycles. The first-order valence-corrected chi connectivity index (χ1v) is 10.3. The fourth-order valence-electron chi connectivity index (χ4n) is 2.81. The first-order valence-electron chi connectivity index (χ1n) is 9.34. The Hall–Kier alpha value is -3.11. The van der Waals surface area contributed by atoms with Crippen molar-refractivity contribution >= 4 is 23.4 Å². The molecule has 0 spiro atoms. The molecule has 0 saturated heterocycles. The van der Waals surface area contributed by atoms with Crippen LogP contribution in [0.5, 0.6) is 0 Å². The van der Waals surface area contributed by atoms with Crippen LogP contribution in [0.25, 0.3) is 11.4 Å². The maximum absolute atomic E-state index is 12.9. The van der Waals surface area contributed by atoms with E-state index in [1.807, 2.05) is 63.2 Å². The minimum atomic E-state index is -0.0739. The molecule has 7 heteroatoms. The lowest BCUT2D eigenvalue weighted by Crippen LogP contribution is -2.33. The lowest BCUT2D eigenvalue weighted by molar-refractivity contribution is -0.116. The quantitative estimate of drug-likeness (QED) is 0.588. The van der Waals surface area contributed by atoms with Crippen molar-refractivity contribution in [3.05, 3.63) is 59.2 Å². The van der Waals surface area contributed by atoms with Gasteiger partial charge in [0.2, 0.25) is 11.1 Å². The lowest BCUT2D eigenvalue weighted by Gasteiger charge is -2.22. The number of anilines is 1. The zero-order valence-corrected chi connectivity index (χ0v) is 17.6. The van der Waals surface area contributed by atoms with Crippen LogP contribution in [0.1, 0.15) is 23.1 Å². The van der Waals surface area contributed by atoms with E-state index in [1.165, 1.54) is 22.9 Å². The average molecular weight is 406 g/mol. The maximum atomic E-state index is 12.9. The lowest BCUT2D eigenvalue weighted by atomic mass is 10.1. The monoisotopic (exact) mass is 405 g/mol. The third-order valence-corrected chi connectivity index (χ3v) is 5.50. The Labute approximate surface area is 175 Å². The van der Waals surface area contributed by atoms with Crippen LogP contribution in [0.3, 0.4) is 0 Å². The average Bonchev–Trinajstić information content (AvgIpc) is 3.19. The molecule has 1 heterocycles. The van der Waals surface area contributed by atoms with E-state index in [4.69, 9.17) is 5.26 Å². The molecule has 1 N–H and O–H groups in total. The topological polar surface area (TPSA) is 85.7 Å². The van der Waals surface area contributed by atoms with Crippen molar-refractivity contribution in [2.45, 2.75) is 32.3 Å². The standard InChI is InChI=1S/C22H23N5OS/c1-15-5-8-18(9-6-15)21-24-22(26-25-21)29-14-20(28)27(12-4-11-23)19-10-7-16(2)17(3)13-19/h5-10,13H,4,12,14H2,1-3H3,(H,24,25,26). The summed E-state index contributed by atoms with van der Waals surface area (Å²) in [5, 5.41) is 16.6. The Kier molecular flexibility index (Phi) is 6.68. The Bertz CT molecular complexity index is 1040. The number of benzene rings is 2. The van der Waals surface area contributed by atoms with Gasteiger partial charge in [0.15, 0.2) is 5.82 Å². The van der Waals surface area contributed by atoms with Gasteiger partial charge in [0.1, 0.15) is 0 Å². The third-order valence-electron chi connectivity index (χ3n) is 4.67. The van der Waals surface area contributed by atoms with Gasteiger partial charge in [-0.1, -0.05) is 47.7 Å². The van der Waals surface area contributed by atoms with Crippen LogP contribution in [-0.4, -0.2) is 33.4 Å². The maximum Gasteiger partial charge on any atom is 0.237 e. The second kappa shape index (κ2) is 9.39. The van der Waals surface area contributed by atoms with E-state index in [1.54, 1.807) is 4.90 Å². The fraction of sp³-hybridized carbons (Fsp3) is 0.273. The van der Waals surface area contributed by atoms with Gasteiger partial charge < -0.3 is 4.90 Å². The van der Waals surface area contributed by atoms with Crippen molar-refractivity contribution in [2.24, 2.45) is 0 Å². The first kappa shape index (κ1) is 20.6. The number of carbonyl (C=O) groups is 1. The highest BCUT2D eigenvalue weighted by atomic mass is 32.2. The zero-order chi connectivity index (χ0) is 20.8. The predicted molar refractivity (Wildman–Crippen MR) is 116 cm³/mol. The number of thioether (sulfide) groups is 1. The van der Waals surface area contributed by atoms with Gasteiger partial charge in [-0.3, -0.25) is 9.89 Å². The van der Waals surface area contributed by atoms with Crippen LogP contribution >= 0.6 is 11.8 Å². The van der Waals surface area contributed by atoms with Gasteiger partial charge >= 0.3 is 0 Å². The number of nitrogens with zero attached hydrogens (tertiary/aromatic N) is 4. The molecule has 0 fully saturated rings. The molecule has 0 atom stereocenters. The van der Waals surface area contributed by atoms with Crippen LogP contribution < -0.4 is 4.90 Å². The summed E-state index contributed by atoms with van der Waals surface area (Å²) in [5.41, 5.74) is 5.22. The summed E-state index contributed by atoms with van der Waals surface area (Å²) in [5.74, 6) is 0.800. The largest absolute Gasteiger partial charge is 0.311 e. The van der Waals surface area contributed by atoms with Crippen LogP contribution in [0.4, 0.5) is 5.69 Å². The Morgan fingerprint density at radius 3 is 2.59 bits per heavy atom. The number of rotatable bonds is 7. The van der Waals surface area contributed by atoms with Crippen molar-refractivity contribution in [3.63, 3.8) is 0 Å². The van der Waals surface area contributed by atoms with E-state index in [-0.39, 0.29) is 18.1 Å². The number of carbonyl (C=O) groups excluding carboxylic acids is 1. The number of aromatic amines is 1. The second-order valence-corrected chi connectivity index (χ2v) is 7.79. The summed E-state index contributed by atoms with van der Waals surface area (Å²) >= 11 is 1.28. The van der Waals surface area contributed by atoms with E-state index >= 15 is 0 Å². The summed E-state index contributed by atoms with van der Waals surface area (Å²) in [6.07, 6.45) is 0.279. The molecule has 0 unspecified atom stereocenters. The molecule has 1 amide bonds. The van der Waals surface area contributed by atoms with Crippen molar-refractivity contribution in [2.75, 3.05) is 17.2 Å². The molecular weight excluding hydrogens is 382 g/mol. The summed E-state index contributed by atoms with van der Waals surface area (Å²) in [7, 11) is 0. The van der Waals surface area contributed by atoms with Crippen molar-refractivity contribution in [1.29, 1.82) is 5.26 Å². The van der Waals surface area contributed by atoms with E-state index in [9.17, 15) is 4.79 Å². The molecule has 3 aromatic rings. The predicted octanol–water partition coefficient (Wildman–Crippen LogP) is 4.44. The second-order valence-electron chi connectivity index (χ2n) is 6.84. The number of aromatic nitrogens is 3. The van der Waals surface area contributed by atoms with Gasteiger partial charge in [-0.05, 0) is 44.0 Å². The number of amides is 1.